The Morgan fingerprint density at radius 1 is 1.12 bits per heavy atom. The van der Waals surface area contributed by atoms with E-state index in [1.54, 1.807) is 16.8 Å². The van der Waals surface area contributed by atoms with Crippen LogP contribution in [0.1, 0.15) is 23.8 Å². The molecule has 0 saturated heterocycles. The molecular weight excluding hydrogens is 322 g/mol. The molecule has 3 rings (SSSR count). The Morgan fingerprint density at radius 3 is 2.50 bits per heavy atom. The average Bonchev–Trinajstić information content (AvgIpc) is 3.06. The number of rotatable bonds is 5. The van der Waals surface area contributed by atoms with Crippen LogP contribution in [-0.4, -0.2) is 22.2 Å². The van der Waals surface area contributed by atoms with Crippen LogP contribution in [0.4, 0.5) is 0 Å². The quantitative estimate of drug-likeness (QED) is 0.752. The first kappa shape index (κ1) is 16.3. The first-order valence-corrected chi connectivity index (χ1v) is 8.26. The summed E-state index contributed by atoms with van der Waals surface area (Å²) in [6, 6.07) is 18.9. The summed E-state index contributed by atoms with van der Waals surface area (Å²) in [5.41, 5.74) is 3.02. The van der Waals surface area contributed by atoms with Crippen molar-refractivity contribution in [1.82, 2.24) is 15.1 Å². The van der Waals surface area contributed by atoms with Gasteiger partial charge in [-0.2, -0.15) is 5.10 Å². The van der Waals surface area contributed by atoms with Crippen molar-refractivity contribution in [1.29, 1.82) is 0 Å². The van der Waals surface area contributed by atoms with Crippen molar-refractivity contribution >= 4 is 17.5 Å². The van der Waals surface area contributed by atoms with E-state index in [0.717, 1.165) is 23.4 Å². The van der Waals surface area contributed by atoms with Gasteiger partial charge in [0.2, 0.25) is 0 Å². The Hall–Kier alpha value is -2.59. The van der Waals surface area contributed by atoms with Gasteiger partial charge in [0.1, 0.15) is 5.69 Å². The summed E-state index contributed by atoms with van der Waals surface area (Å²) >= 11 is 5.96. The molecule has 0 spiro atoms. The van der Waals surface area contributed by atoms with Gasteiger partial charge in [0, 0.05) is 17.1 Å². The molecule has 5 heteroatoms. The van der Waals surface area contributed by atoms with Gasteiger partial charge in [-0.1, -0.05) is 48.9 Å². The molecule has 0 aliphatic heterocycles. The Balaban J connectivity index is 2.06. The van der Waals surface area contributed by atoms with Crippen molar-refractivity contribution in [3.05, 3.63) is 71.4 Å². The predicted octanol–water partition coefficient (Wildman–Crippen LogP) is 4.33. The van der Waals surface area contributed by atoms with Crippen LogP contribution >= 0.6 is 11.6 Å². The van der Waals surface area contributed by atoms with Crippen LogP contribution in [0, 0.1) is 0 Å². The van der Waals surface area contributed by atoms with Gasteiger partial charge >= 0.3 is 0 Å². The van der Waals surface area contributed by atoms with Crippen molar-refractivity contribution in [2.45, 2.75) is 13.3 Å². The van der Waals surface area contributed by atoms with Crippen molar-refractivity contribution in [3.63, 3.8) is 0 Å². The number of nitrogens with zero attached hydrogens (tertiary/aromatic N) is 2. The van der Waals surface area contributed by atoms with Gasteiger partial charge in [0.05, 0.1) is 11.4 Å². The molecule has 0 fully saturated rings. The Labute approximate surface area is 146 Å². The van der Waals surface area contributed by atoms with E-state index in [1.807, 2.05) is 55.5 Å². The lowest BCUT2D eigenvalue weighted by atomic mass is 10.1. The van der Waals surface area contributed by atoms with Crippen LogP contribution < -0.4 is 5.32 Å². The molecule has 1 N–H and O–H groups in total. The maximum atomic E-state index is 12.5. The monoisotopic (exact) mass is 339 g/mol. The zero-order valence-electron chi connectivity index (χ0n) is 13.4. The van der Waals surface area contributed by atoms with Gasteiger partial charge in [-0.3, -0.25) is 4.79 Å². The smallest absolute Gasteiger partial charge is 0.270 e. The van der Waals surface area contributed by atoms with E-state index < -0.39 is 0 Å². The minimum Gasteiger partial charge on any atom is -0.351 e. The van der Waals surface area contributed by atoms with Gasteiger partial charge in [-0.25, -0.2) is 4.68 Å². The standard InChI is InChI=1S/C19H18ClN3O/c1-2-12-21-19(24)18-13-17(14-6-4-3-5-7-14)22-23(18)16-10-8-15(20)9-11-16/h3-11,13H,2,12H2,1H3,(H,21,24). The third-order valence-electron chi connectivity index (χ3n) is 3.62. The van der Waals surface area contributed by atoms with Gasteiger partial charge in [0.25, 0.3) is 5.91 Å². The number of carbonyl (C=O) groups excluding carboxylic acids is 1. The van der Waals surface area contributed by atoms with Gasteiger partial charge in [0.15, 0.2) is 0 Å². The summed E-state index contributed by atoms with van der Waals surface area (Å²) < 4.78 is 1.66. The highest BCUT2D eigenvalue weighted by Gasteiger charge is 2.17. The Morgan fingerprint density at radius 2 is 1.83 bits per heavy atom. The van der Waals surface area contributed by atoms with Crippen LogP contribution in [0.15, 0.2) is 60.7 Å². The molecule has 0 unspecified atom stereocenters. The average molecular weight is 340 g/mol. The number of amides is 1. The first-order chi connectivity index (χ1) is 11.7. The highest BCUT2D eigenvalue weighted by molar-refractivity contribution is 6.30. The number of aromatic nitrogens is 2. The molecule has 122 valence electrons. The summed E-state index contributed by atoms with van der Waals surface area (Å²) in [5.74, 6) is -0.138. The number of hydrogen-bond donors (Lipinski definition) is 1. The van der Waals surface area contributed by atoms with E-state index in [4.69, 9.17) is 11.6 Å². The largest absolute Gasteiger partial charge is 0.351 e. The maximum Gasteiger partial charge on any atom is 0.270 e. The van der Waals surface area contributed by atoms with Crippen molar-refractivity contribution in [2.75, 3.05) is 6.54 Å². The number of hydrogen-bond acceptors (Lipinski definition) is 2. The zero-order chi connectivity index (χ0) is 16.9. The molecule has 1 amide bonds. The topological polar surface area (TPSA) is 46.9 Å². The fraction of sp³-hybridized carbons (Fsp3) is 0.158. The van der Waals surface area contributed by atoms with Gasteiger partial charge < -0.3 is 5.32 Å². The Kier molecular flexibility index (Phi) is 4.96. The molecule has 4 nitrogen and oxygen atoms in total. The molecular formula is C19H18ClN3O. The van der Waals surface area contributed by atoms with Crippen molar-refractivity contribution in [3.8, 4) is 16.9 Å². The molecule has 0 aliphatic rings. The van der Waals surface area contributed by atoms with Crippen molar-refractivity contribution in [2.24, 2.45) is 0 Å². The second-order valence-corrected chi connectivity index (χ2v) is 5.86. The molecule has 0 radical (unpaired) electrons. The first-order valence-electron chi connectivity index (χ1n) is 7.88. The summed E-state index contributed by atoms with van der Waals surface area (Å²) in [5, 5.41) is 8.18. The predicted molar refractivity (Wildman–Crippen MR) is 96.6 cm³/mol. The van der Waals surface area contributed by atoms with E-state index in [-0.39, 0.29) is 5.91 Å². The number of nitrogens with one attached hydrogen (secondary N) is 1. The molecule has 0 atom stereocenters. The lowest BCUT2D eigenvalue weighted by Gasteiger charge is -2.07. The fourth-order valence-corrected chi connectivity index (χ4v) is 2.53. The third kappa shape index (κ3) is 3.49. The summed E-state index contributed by atoms with van der Waals surface area (Å²) in [4.78, 5) is 12.5. The van der Waals surface area contributed by atoms with E-state index in [2.05, 4.69) is 10.4 Å². The van der Waals surface area contributed by atoms with Crippen LogP contribution in [0.3, 0.4) is 0 Å². The van der Waals surface area contributed by atoms with Crippen LogP contribution in [0.5, 0.6) is 0 Å². The Bertz CT molecular complexity index is 826. The summed E-state index contributed by atoms with van der Waals surface area (Å²) in [6.07, 6.45) is 0.881. The minimum atomic E-state index is -0.138. The molecule has 0 aliphatic carbocycles. The van der Waals surface area contributed by atoms with E-state index >= 15 is 0 Å². The summed E-state index contributed by atoms with van der Waals surface area (Å²) in [6.45, 7) is 2.65. The maximum absolute atomic E-state index is 12.5. The van der Waals surface area contributed by atoms with E-state index in [9.17, 15) is 4.79 Å². The molecule has 1 heterocycles. The molecule has 2 aromatic carbocycles. The molecule has 24 heavy (non-hydrogen) atoms. The second kappa shape index (κ2) is 7.32. The normalized spacial score (nSPS) is 10.6. The second-order valence-electron chi connectivity index (χ2n) is 5.42. The zero-order valence-corrected chi connectivity index (χ0v) is 14.1. The SMILES string of the molecule is CCCNC(=O)c1cc(-c2ccccc2)nn1-c1ccc(Cl)cc1. The third-order valence-corrected chi connectivity index (χ3v) is 3.87. The molecule has 0 bridgehead atoms. The minimum absolute atomic E-state index is 0.138. The number of benzene rings is 2. The van der Waals surface area contributed by atoms with E-state index in [1.165, 1.54) is 0 Å². The van der Waals surface area contributed by atoms with Gasteiger partial charge in [-0.05, 0) is 36.8 Å². The number of carbonyl (C=O) groups is 1. The lowest BCUT2D eigenvalue weighted by molar-refractivity contribution is 0.0946. The van der Waals surface area contributed by atoms with Crippen LogP contribution in [0.25, 0.3) is 16.9 Å². The highest BCUT2D eigenvalue weighted by atomic mass is 35.5. The van der Waals surface area contributed by atoms with Crippen LogP contribution in [-0.2, 0) is 0 Å². The highest BCUT2D eigenvalue weighted by Crippen LogP contribution is 2.22. The fourth-order valence-electron chi connectivity index (χ4n) is 2.40. The molecule has 0 saturated carbocycles. The van der Waals surface area contributed by atoms with Crippen LogP contribution in [0.2, 0.25) is 5.02 Å². The lowest BCUT2D eigenvalue weighted by Crippen LogP contribution is -2.26. The van der Waals surface area contributed by atoms with Gasteiger partial charge in [-0.15, -0.1) is 0 Å². The number of halogens is 1. The molecule has 1 aromatic heterocycles. The van der Waals surface area contributed by atoms with Crippen molar-refractivity contribution < 1.29 is 4.79 Å². The molecule has 3 aromatic rings. The van der Waals surface area contributed by atoms with E-state index in [0.29, 0.717) is 17.3 Å². The summed E-state index contributed by atoms with van der Waals surface area (Å²) in [7, 11) is 0.